The maximum atomic E-state index is 13.9. The van der Waals surface area contributed by atoms with Crippen molar-refractivity contribution in [3.05, 3.63) is 53.7 Å². The Morgan fingerprint density at radius 3 is 2.78 bits per heavy atom. The molecule has 0 saturated heterocycles. The fourth-order valence-electron chi connectivity index (χ4n) is 1.71. The minimum Gasteiger partial charge on any atom is -0.472 e. The summed E-state index contributed by atoms with van der Waals surface area (Å²) in [6.45, 7) is 0.569. The molecule has 0 aliphatic carbocycles. The van der Waals surface area contributed by atoms with Gasteiger partial charge in [-0.3, -0.25) is 0 Å². The molecule has 2 rings (SSSR count). The highest BCUT2D eigenvalue weighted by Crippen LogP contribution is 2.21. The van der Waals surface area contributed by atoms with Crippen LogP contribution in [-0.4, -0.2) is 12.0 Å². The molecule has 0 saturated carbocycles. The standard InChI is InChI=1S/C13H13FN2OS/c1-16(7-9-4-5-17-8-9)12-3-2-10(13(15)18)6-11(12)14/h2-6,8H,7H2,1H3,(H2,15,18). The van der Waals surface area contributed by atoms with Crippen molar-refractivity contribution in [3.8, 4) is 0 Å². The summed E-state index contributed by atoms with van der Waals surface area (Å²) in [6, 6.07) is 6.58. The van der Waals surface area contributed by atoms with E-state index in [0.717, 1.165) is 5.56 Å². The van der Waals surface area contributed by atoms with Crippen LogP contribution in [0.15, 0.2) is 41.2 Å². The lowest BCUT2D eigenvalue weighted by molar-refractivity contribution is 0.563. The number of thiocarbonyl (C=S) groups is 1. The number of halogens is 1. The zero-order chi connectivity index (χ0) is 13.1. The lowest BCUT2D eigenvalue weighted by Gasteiger charge is -2.19. The van der Waals surface area contributed by atoms with Gasteiger partial charge in [0, 0.05) is 24.7 Å². The molecular weight excluding hydrogens is 251 g/mol. The van der Waals surface area contributed by atoms with Crippen LogP contribution in [0.3, 0.4) is 0 Å². The Bertz CT molecular complexity index is 554. The molecule has 0 spiro atoms. The average Bonchev–Trinajstić information content (AvgIpc) is 2.81. The van der Waals surface area contributed by atoms with E-state index < -0.39 is 0 Å². The molecule has 1 heterocycles. The average molecular weight is 264 g/mol. The van der Waals surface area contributed by atoms with Gasteiger partial charge in [0.05, 0.1) is 18.2 Å². The second-order valence-electron chi connectivity index (χ2n) is 4.02. The molecular formula is C13H13FN2OS. The van der Waals surface area contributed by atoms with Crippen molar-refractivity contribution >= 4 is 22.9 Å². The van der Waals surface area contributed by atoms with Gasteiger partial charge in [0.2, 0.25) is 0 Å². The van der Waals surface area contributed by atoms with Crippen LogP contribution in [-0.2, 0) is 6.54 Å². The van der Waals surface area contributed by atoms with Crippen LogP contribution in [0.25, 0.3) is 0 Å². The first kappa shape index (κ1) is 12.6. The summed E-state index contributed by atoms with van der Waals surface area (Å²) in [5, 5.41) is 0. The molecule has 0 fully saturated rings. The van der Waals surface area contributed by atoms with Crippen molar-refractivity contribution < 1.29 is 8.81 Å². The Hall–Kier alpha value is -1.88. The summed E-state index contributed by atoms with van der Waals surface area (Å²) >= 11 is 4.81. The molecule has 1 aromatic carbocycles. The third kappa shape index (κ3) is 2.68. The van der Waals surface area contributed by atoms with Crippen molar-refractivity contribution in [2.45, 2.75) is 6.54 Å². The van der Waals surface area contributed by atoms with E-state index in [0.29, 0.717) is 17.8 Å². The number of furan rings is 1. The van der Waals surface area contributed by atoms with Gasteiger partial charge in [-0.2, -0.15) is 0 Å². The molecule has 94 valence electrons. The fraction of sp³-hybridized carbons (Fsp3) is 0.154. The van der Waals surface area contributed by atoms with E-state index in [9.17, 15) is 4.39 Å². The molecule has 1 aromatic heterocycles. The van der Waals surface area contributed by atoms with Gasteiger partial charge in [0.15, 0.2) is 0 Å². The molecule has 0 atom stereocenters. The van der Waals surface area contributed by atoms with Crippen molar-refractivity contribution in [1.82, 2.24) is 0 Å². The van der Waals surface area contributed by atoms with Crippen molar-refractivity contribution in [1.29, 1.82) is 0 Å². The van der Waals surface area contributed by atoms with Gasteiger partial charge in [-0.15, -0.1) is 0 Å². The Morgan fingerprint density at radius 2 is 2.22 bits per heavy atom. The first-order valence-corrected chi connectivity index (χ1v) is 5.80. The number of hydrogen-bond acceptors (Lipinski definition) is 3. The second-order valence-corrected chi connectivity index (χ2v) is 4.46. The van der Waals surface area contributed by atoms with Crippen LogP contribution in [0.5, 0.6) is 0 Å². The molecule has 0 aliphatic rings. The molecule has 0 aliphatic heterocycles. The van der Waals surface area contributed by atoms with Crippen LogP contribution in [0.4, 0.5) is 10.1 Å². The molecule has 5 heteroatoms. The predicted octanol–water partition coefficient (Wildman–Crippen LogP) is 2.69. The molecule has 0 radical (unpaired) electrons. The van der Waals surface area contributed by atoms with Crippen molar-refractivity contribution in [2.24, 2.45) is 5.73 Å². The summed E-state index contributed by atoms with van der Waals surface area (Å²) in [5.74, 6) is -0.341. The highest BCUT2D eigenvalue weighted by atomic mass is 32.1. The normalized spacial score (nSPS) is 10.3. The number of rotatable bonds is 4. The molecule has 0 amide bonds. The van der Waals surface area contributed by atoms with Gasteiger partial charge in [0.1, 0.15) is 10.8 Å². The predicted molar refractivity (Wildman–Crippen MR) is 73.1 cm³/mol. The summed E-state index contributed by atoms with van der Waals surface area (Å²) in [6.07, 6.45) is 3.23. The highest BCUT2D eigenvalue weighted by molar-refractivity contribution is 7.80. The summed E-state index contributed by atoms with van der Waals surface area (Å²) in [4.78, 5) is 1.99. The third-order valence-corrected chi connectivity index (χ3v) is 2.88. The first-order valence-electron chi connectivity index (χ1n) is 5.39. The Labute approximate surface area is 110 Å². The summed E-state index contributed by atoms with van der Waals surface area (Å²) in [7, 11) is 1.81. The number of anilines is 1. The molecule has 3 nitrogen and oxygen atoms in total. The quantitative estimate of drug-likeness (QED) is 0.862. The minimum absolute atomic E-state index is 0.193. The number of nitrogens with two attached hydrogens (primary N) is 1. The van der Waals surface area contributed by atoms with E-state index in [-0.39, 0.29) is 10.8 Å². The van der Waals surface area contributed by atoms with Crippen molar-refractivity contribution in [2.75, 3.05) is 11.9 Å². The molecule has 2 aromatic rings. The highest BCUT2D eigenvalue weighted by Gasteiger charge is 2.10. The van der Waals surface area contributed by atoms with E-state index in [4.69, 9.17) is 22.4 Å². The molecule has 2 N–H and O–H groups in total. The Balaban J connectivity index is 2.20. The van der Waals surface area contributed by atoms with Gasteiger partial charge in [0.25, 0.3) is 0 Å². The topological polar surface area (TPSA) is 42.4 Å². The van der Waals surface area contributed by atoms with Gasteiger partial charge < -0.3 is 15.1 Å². The van der Waals surface area contributed by atoms with Crippen molar-refractivity contribution in [3.63, 3.8) is 0 Å². The first-order chi connectivity index (χ1) is 8.58. The van der Waals surface area contributed by atoms with Crippen LogP contribution < -0.4 is 10.6 Å². The van der Waals surface area contributed by atoms with E-state index in [1.807, 2.05) is 13.1 Å². The van der Waals surface area contributed by atoms with E-state index in [2.05, 4.69) is 0 Å². The van der Waals surface area contributed by atoms with Gasteiger partial charge in [-0.1, -0.05) is 12.2 Å². The lowest BCUT2D eigenvalue weighted by atomic mass is 10.2. The monoisotopic (exact) mass is 264 g/mol. The smallest absolute Gasteiger partial charge is 0.147 e. The zero-order valence-electron chi connectivity index (χ0n) is 9.89. The van der Waals surface area contributed by atoms with Crippen LogP contribution in [0.2, 0.25) is 0 Å². The SMILES string of the molecule is CN(Cc1ccoc1)c1ccc(C(N)=S)cc1F. The van der Waals surface area contributed by atoms with Crippen LogP contribution >= 0.6 is 12.2 Å². The van der Waals surface area contributed by atoms with E-state index in [1.54, 1.807) is 29.6 Å². The van der Waals surface area contributed by atoms with E-state index in [1.165, 1.54) is 6.07 Å². The van der Waals surface area contributed by atoms with Gasteiger partial charge in [-0.05, 0) is 24.3 Å². The molecule has 0 unspecified atom stereocenters. The Kier molecular flexibility index (Phi) is 3.62. The summed E-state index contributed by atoms with van der Waals surface area (Å²) < 4.78 is 18.9. The number of nitrogens with zero attached hydrogens (tertiary/aromatic N) is 1. The third-order valence-electron chi connectivity index (χ3n) is 2.64. The molecule has 0 bridgehead atoms. The van der Waals surface area contributed by atoms with Crippen LogP contribution in [0.1, 0.15) is 11.1 Å². The molecule has 18 heavy (non-hydrogen) atoms. The second kappa shape index (κ2) is 5.18. The lowest BCUT2D eigenvalue weighted by Crippen LogP contribution is -2.18. The zero-order valence-corrected chi connectivity index (χ0v) is 10.7. The van der Waals surface area contributed by atoms with Gasteiger partial charge in [-0.25, -0.2) is 4.39 Å². The largest absolute Gasteiger partial charge is 0.472 e. The van der Waals surface area contributed by atoms with Gasteiger partial charge >= 0.3 is 0 Å². The Morgan fingerprint density at radius 1 is 1.44 bits per heavy atom. The van der Waals surface area contributed by atoms with E-state index >= 15 is 0 Å². The van der Waals surface area contributed by atoms with Crippen LogP contribution in [0, 0.1) is 5.82 Å². The number of hydrogen-bond donors (Lipinski definition) is 1. The summed E-state index contributed by atoms with van der Waals surface area (Å²) in [5.41, 5.74) is 7.47. The maximum absolute atomic E-state index is 13.9. The fourth-order valence-corrected chi connectivity index (χ4v) is 1.84. The minimum atomic E-state index is -0.341. The maximum Gasteiger partial charge on any atom is 0.147 e. The number of benzene rings is 1.